The summed E-state index contributed by atoms with van der Waals surface area (Å²) in [5.41, 5.74) is 5.21. The highest BCUT2D eigenvalue weighted by atomic mass is 16.6. The summed E-state index contributed by atoms with van der Waals surface area (Å²) in [6, 6.07) is 12.0. The Morgan fingerprint density at radius 2 is 1.80 bits per heavy atom. The fraction of sp³-hybridized carbons (Fsp3) is 0.333. The zero-order valence-corrected chi connectivity index (χ0v) is 14.6. The first-order valence-corrected chi connectivity index (χ1v) is 8.70. The third-order valence-corrected chi connectivity index (χ3v) is 4.45. The second-order valence-electron chi connectivity index (χ2n) is 6.06. The van der Waals surface area contributed by atoms with E-state index in [2.05, 4.69) is 19.1 Å². The Balaban J connectivity index is 1.82. The van der Waals surface area contributed by atoms with Crippen molar-refractivity contribution in [2.75, 3.05) is 13.2 Å². The lowest BCUT2D eigenvalue weighted by Gasteiger charge is -2.12. The molecule has 0 spiro atoms. The number of ketones is 1. The fourth-order valence-corrected chi connectivity index (χ4v) is 3.15. The van der Waals surface area contributed by atoms with Gasteiger partial charge in [-0.15, -0.1) is 0 Å². The molecule has 0 aliphatic heterocycles. The second kappa shape index (κ2) is 7.51. The number of hydrogen-bond acceptors (Lipinski definition) is 4. The van der Waals surface area contributed by atoms with E-state index in [1.165, 1.54) is 0 Å². The minimum absolute atomic E-state index is 0.0822. The van der Waals surface area contributed by atoms with E-state index in [0.29, 0.717) is 18.8 Å². The van der Waals surface area contributed by atoms with Gasteiger partial charge in [-0.3, -0.25) is 4.79 Å². The molecule has 2 aromatic carbocycles. The lowest BCUT2D eigenvalue weighted by atomic mass is 9.98. The van der Waals surface area contributed by atoms with Crippen LogP contribution in [0.3, 0.4) is 0 Å². The van der Waals surface area contributed by atoms with Crippen molar-refractivity contribution in [3.05, 3.63) is 53.1 Å². The van der Waals surface area contributed by atoms with E-state index < -0.39 is 0 Å². The molecule has 0 fully saturated rings. The summed E-state index contributed by atoms with van der Waals surface area (Å²) < 4.78 is 10.5. The lowest BCUT2D eigenvalue weighted by Crippen LogP contribution is -2.15. The molecule has 1 aliphatic rings. The van der Waals surface area contributed by atoms with E-state index in [4.69, 9.17) is 9.47 Å². The largest absolute Gasteiger partial charge is 0.482 e. The highest BCUT2D eigenvalue weighted by Gasteiger charge is 2.19. The van der Waals surface area contributed by atoms with Gasteiger partial charge in [0.2, 0.25) is 0 Å². The Morgan fingerprint density at radius 3 is 2.56 bits per heavy atom. The molecular weight excluding hydrogens is 316 g/mol. The number of carbonyl (C=O) groups excluding carboxylic acids is 2. The normalized spacial score (nSPS) is 12.8. The van der Waals surface area contributed by atoms with Gasteiger partial charge in [-0.25, -0.2) is 4.79 Å². The number of carbonyl (C=O) groups is 2. The van der Waals surface area contributed by atoms with Crippen molar-refractivity contribution in [3.63, 3.8) is 0 Å². The average molecular weight is 338 g/mol. The van der Waals surface area contributed by atoms with E-state index >= 15 is 0 Å². The topological polar surface area (TPSA) is 52.6 Å². The summed E-state index contributed by atoms with van der Waals surface area (Å²) in [5, 5.41) is 0. The number of aryl methyl sites for hydroxylation is 2. The summed E-state index contributed by atoms with van der Waals surface area (Å²) in [6.07, 6.45) is 2.23. The number of rotatable bonds is 6. The lowest BCUT2D eigenvalue weighted by molar-refractivity contribution is -0.145. The van der Waals surface area contributed by atoms with Crippen LogP contribution in [0.4, 0.5) is 0 Å². The number of Topliss-reactive ketones (excluding diaryl/α,β-unsaturated/α-hetero) is 1. The summed E-state index contributed by atoms with van der Waals surface area (Å²) in [5.74, 6) is 0.575. The monoisotopic (exact) mass is 338 g/mol. The molecule has 4 nitrogen and oxygen atoms in total. The summed E-state index contributed by atoms with van der Waals surface area (Å²) in [4.78, 5) is 23.2. The molecule has 2 aromatic rings. The van der Waals surface area contributed by atoms with Crippen molar-refractivity contribution in [2.45, 2.75) is 33.1 Å². The van der Waals surface area contributed by atoms with Crippen LogP contribution < -0.4 is 4.74 Å². The fourth-order valence-electron chi connectivity index (χ4n) is 3.15. The van der Waals surface area contributed by atoms with Gasteiger partial charge in [0.1, 0.15) is 5.75 Å². The maximum Gasteiger partial charge on any atom is 0.344 e. The van der Waals surface area contributed by atoms with Gasteiger partial charge in [0.15, 0.2) is 12.4 Å². The van der Waals surface area contributed by atoms with Crippen LogP contribution in [0.1, 0.15) is 41.8 Å². The van der Waals surface area contributed by atoms with E-state index in [0.717, 1.165) is 40.7 Å². The van der Waals surface area contributed by atoms with E-state index in [9.17, 15) is 9.59 Å². The summed E-state index contributed by atoms with van der Waals surface area (Å²) >= 11 is 0. The van der Waals surface area contributed by atoms with Crippen LogP contribution in [0.2, 0.25) is 0 Å². The predicted molar refractivity (Wildman–Crippen MR) is 96.0 cm³/mol. The molecule has 4 heteroatoms. The van der Waals surface area contributed by atoms with Gasteiger partial charge in [-0.05, 0) is 54.2 Å². The molecule has 0 saturated carbocycles. The molecular formula is C21H22O4. The van der Waals surface area contributed by atoms with Gasteiger partial charge in [-0.1, -0.05) is 31.2 Å². The van der Waals surface area contributed by atoms with Gasteiger partial charge in [-0.2, -0.15) is 0 Å². The van der Waals surface area contributed by atoms with Crippen molar-refractivity contribution in [2.24, 2.45) is 0 Å². The molecule has 130 valence electrons. The molecule has 3 rings (SSSR count). The maximum atomic E-state index is 11.8. The molecule has 0 unspecified atom stereocenters. The number of hydrogen-bond donors (Lipinski definition) is 0. The third-order valence-electron chi connectivity index (χ3n) is 4.45. The first-order valence-electron chi connectivity index (χ1n) is 8.70. The van der Waals surface area contributed by atoms with Gasteiger partial charge in [0.25, 0.3) is 0 Å². The molecule has 0 bridgehead atoms. The van der Waals surface area contributed by atoms with Crippen LogP contribution in [0, 0.1) is 0 Å². The van der Waals surface area contributed by atoms with E-state index in [1.807, 2.05) is 24.3 Å². The Bertz CT molecular complexity index is 808. The van der Waals surface area contributed by atoms with Crippen LogP contribution >= 0.6 is 0 Å². The summed E-state index contributed by atoms with van der Waals surface area (Å²) in [7, 11) is 0. The minimum atomic E-state index is -0.364. The predicted octanol–water partition coefficient (Wildman–Crippen LogP) is 3.99. The van der Waals surface area contributed by atoms with Crippen LogP contribution in [0.15, 0.2) is 36.4 Å². The number of ether oxygens (including phenoxy) is 2. The van der Waals surface area contributed by atoms with E-state index in [-0.39, 0.29) is 18.4 Å². The highest BCUT2D eigenvalue weighted by Crippen LogP contribution is 2.31. The molecule has 0 aromatic heterocycles. The average Bonchev–Trinajstić information content (AvgIpc) is 3.00. The molecule has 0 N–H and O–H groups in total. The second-order valence-corrected chi connectivity index (χ2v) is 6.06. The quantitative estimate of drug-likeness (QED) is 0.748. The highest BCUT2D eigenvalue weighted by molar-refractivity contribution is 6.01. The molecule has 25 heavy (non-hydrogen) atoms. The van der Waals surface area contributed by atoms with Crippen molar-refractivity contribution >= 4 is 11.8 Å². The SMILES string of the molecule is CCOC(=O)COc1ccc(-c2ccc3c(c2)CCC3=O)cc1CC. The van der Waals surface area contributed by atoms with Crippen LogP contribution in [-0.2, 0) is 22.4 Å². The molecule has 0 atom stereocenters. The first kappa shape index (κ1) is 17.2. The third kappa shape index (κ3) is 3.73. The zero-order valence-electron chi connectivity index (χ0n) is 14.6. The Kier molecular flexibility index (Phi) is 5.17. The number of benzene rings is 2. The first-order chi connectivity index (χ1) is 12.1. The van der Waals surface area contributed by atoms with Gasteiger partial charge >= 0.3 is 5.97 Å². The maximum absolute atomic E-state index is 11.8. The Hall–Kier alpha value is -2.62. The Morgan fingerprint density at radius 1 is 1.04 bits per heavy atom. The van der Waals surface area contributed by atoms with Crippen LogP contribution in [0.5, 0.6) is 5.75 Å². The molecule has 0 saturated heterocycles. The van der Waals surface area contributed by atoms with Crippen molar-refractivity contribution in [3.8, 4) is 16.9 Å². The summed E-state index contributed by atoms with van der Waals surface area (Å²) in [6.45, 7) is 4.09. The van der Waals surface area contributed by atoms with Gasteiger partial charge < -0.3 is 9.47 Å². The Labute approximate surface area is 147 Å². The van der Waals surface area contributed by atoms with Crippen LogP contribution in [-0.4, -0.2) is 25.0 Å². The van der Waals surface area contributed by atoms with Crippen molar-refractivity contribution < 1.29 is 19.1 Å². The van der Waals surface area contributed by atoms with Crippen molar-refractivity contribution in [1.29, 1.82) is 0 Å². The zero-order chi connectivity index (χ0) is 17.8. The molecule has 0 heterocycles. The molecule has 1 aliphatic carbocycles. The minimum Gasteiger partial charge on any atom is -0.482 e. The molecule has 0 radical (unpaired) electrons. The van der Waals surface area contributed by atoms with E-state index in [1.54, 1.807) is 6.92 Å². The standard InChI is InChI=1S/C21H22O4/c1-3-14-11-16(7-10-20(14)25-13-21(23)24-4-2)15-5-8-18-17(12-15)6-9-19(18)22/h5,7-8,10-12H,3-4,6,9,13H2,1-2H3. The van der Waals surface area contributed by atoms with Gasteiger partial charge in [0.05, 0.1) is 6.61 Å². The number of esters is 1. The number of fused-ring (bicyclic) bond motifs is 1. The van der Waals surface area contributed by atoms with Crippen LogP contribution in [0.25, 0.3) is 11.1 Å². The smallest absolute Gasteiger partial charge is 0.344 e. The van der Waals surface area contributed by atoms with Gasteiger partial charge in [0, 0.05) is 12.0 Å². The van der Waals surface area contributed by atoms with Crippen molar-refractivity contribution in [1.82, 2.24) is 0 Å². The molecule has 0 amide bonds.